The first-order valence-corrected chi connectivity index (χ1v) is 10.8. The van der Waals surface area contributed by atoms with Crippen molar-refractivity contribution < 1.29 is 19.1 Å². The van der Waals surface area contributed by atoms with Crippen molar-refractivity contribution in [3.05, 3.63) is 106 Å². The molecule has 0 aliphatic rings. The minimum Gasteiger partial charge on any atom is -0.448 e. The van der Waals surface area contributed by atoms with Gasteiger partial charge in [-0.2, -0.15) is 0 Å². The van der Waals surface area contributed by atoms with Gasteiger partial charge < -0.3 is 15.0 Å². The standard InChI is InChI=1S/C25H18Cl2N2O4/c26-19-11-10-16(12-20(19)27)25(32)29-14-22(30)33-24(15-6-2-1-3-7-15)23(31)18-13-28-21-9-5-4-8-17(18)21/h1-13,24,28H,14H2,(H,29,32). The minimum absolute atomic E-state index is 0.223. The average molecular weight is 481 g/mol. The molecule has 0 fully saturated rings. The Labute approximate surface area is 199 Å². The SMILES string of the molecule is O=C(CNC(=O)c1ccc(Cl)c(Cl)c1)OC(C(=O)c1c[nH]c2ccccc12)c1ccccc1. The molecule has 1 unspecified atom stereocenters. The highest BCUT2D eigenvalue weighted by Gasteiger charge is 2.28. The quantitative estimate of drug-likeness (QED) is 0.274. The highest BCUT2D eigenvalue weighted by Crippen LogP contribution is 2.27. The third-order valence-corrected chi connectivity index (χ3v) is 5.76. The van der Waals surface area contributed by atoms with E-state index in [1.54, 1.807) is 36.5 Å². The summed E-state index contributed by atoms with van der Waals surface area (Å²) < 4.78 is 5.54. The molecule has 166 valence electrons. The van der Waals surface area contributed by atoms with E-state index in [4.69, 9.17) is 27.9 Å². The van der Waals surface area contributed by atoms with E-state index in [0.717, 1.165) is 10.9 Å². The number of carbonyl (C=O) groups excluding carboxylic acids is 3. The summed E-state index contributed by atoms with van der Waals surface area (Å²) in [4.78, 5) is 41.4. The number of aromatic amines is 1. The smallest absolute Gasteiger partial charge is 0.326 e. The van der Waals surface area contributed by atoms with Crippen LogP contribution in [0.4, 0.5) is 0 Å². The van der Waals surface area contributed by atoms with E-state index in [-0.39, 0.29) is 16.4 Å². The average Bonchev–Trinajstić information content (AvgIpc) is 3.27. The maximum absolute atomic E-state index is 13.4. The van der Waals surface area contributed by atoms with Gasteiger partial charge >= 0.3 is 5.97 Å². The second kappa shape index (κ2) is 9.90. The predicted octanol–water partition coefficient (Wildman–Crippen LogP) is 5.37. The van der Waals surface area contributed by atoms with Gasteiger partial charge in [0.25, 0.3) is 5.91 Å². The first kappa shape index (κ1) is 22.6. The lowest BCUT2D eigenvalue weighted by atomic mass is 9.99. The number of fused-ring (bicyclic) bond motifs is 1. The van der Waals surface area contributed by atoms with Crippen molar-refractivity contribution in [3.63, 3.8) is 0 Å². The van der Waals surface area contributed by atoms with Crippen LogP contribution in [-0.4, -0.2) is 29.2 Å². The van der Waals surface area contributed by atoms with Crippen molar-refractivity contribution in [2.75, 3.05) is 6.54 Å². The fraction of sp³-hybridized carbons (Fsp3) is 0.0800. The van der Waals surface area contributed by atoms with Gasteiger partial charge in [0.15, 0.2) is 6.10 Å². The summed E-state index contributed by atoms with van der Waals surface area (Å²) >= 11 is 11.8. The molecule has 1 atom stereocenters. The highest BCUT2D eigenvalue weighted by atomic mass is 35.5. The number of ether oxygens (including phenoxy) is 1. The van der Waals surface area contributed by atoms with Crippen LogP contribution in [0.1, 0.15) is 32.4 Å². The van der Waals surface area contributed by atoms with E-state index >= 15 is 0 Å². The molecular weight excluding hydrogens is 463 g/mol. The van der Waals surface area contributed by atoms with Crippen LogP contribution in [0.25, 0.3) is 10.9 Å². The van der Waals surface area contributed by atoms with Crippen LogP contribution in [0.3, 0.4) is 0 Å². The van der Waals surface area contributed by atoms with Gasteiger partial charge in [-0.05, 0) is 24.3 Å². The Morgan fingerprint density at radius 2 is 1.64 bits per heavy atom. The minimum atomic E-state index is -1.17. The maximum Gasteiger partial charge on any atom is 0.326 e. The zero-order valence-electron chi connectivity index (χ0n) is 17.2. The summed E-state index contributed by atoms with van der Waals surface area (Å²) in [5.74, 6) is -1.65. The van der Waals surface area contributed by atoms with Crippen LogP contribution in [0.15, 0.2) is 79.0 Å². The molecule has 6 nitrogen and oxygen atoms in total. The van der Waals surface area contributed by atoms with Gasteiger partial charge in [-0.3, -0.25) is 14.4 Å². The van der Waals surface area contributed by atoms with Crippen molar-refractivity contribution in [1.82, 2.24) is 10.3 Å². The van der Waals surface area contributed by atoms with Gasteiger partial charge in [0, 0.05) is 33.8 Å². The molecule has 3 aromatic carbocycles. The first-order chi connectivity index (χ1) is 15.9. The number of esters is 1. The second-order valence-electron chi connectivity index (χ2n) is 7.20. The lowest BCUT2D eigenvalue weighted by Gasteiger charge is -2.17. The molecule has 0 radical (unpaired) electrons. The van der Waals surface area contributed by atoms with Gasteiger partial charge in [-0.25, -0.2) is 0 Å². The van der Waals surface area contributed by atoms with E-state index in [1.165, 1.54) is 18.2 Å². The predicted molar refractivity (Wildman–Crippen MR) is 127 cm³/mol. The number of para-hydroxylation sites is 1. The zero-order chi connectivity index (χ0) is 23.4. The van der Waals surface area contributed by atoms with E-state index < -0.39 is 24.5 Å². The fourth-order valence-electron chi connectivity index (χ4n) is 3.38. The van der Waals surface area contributed by atoms with Crippen molar-refractivity contribution in [1.29, 1.82) is 0 Å². The van der Waals surface area contributed by atoms with Crippen LogP contribution in [0.2, 0.25) is 10.0 Å². The molecule has 4 aromatic rings. The molecule has 0 saturated carbocycles. The number of aromatic nitrogens is 1. The lowest BCUT2D eigenvalue weighted by Crippen LogP contribution is -2.32. The molecule has 0 aliphatic carbocycles. The number of carbonyl (C=O) groups is 3. The van der Waals surface area contributed by atoms with Crippen LogP contribution in [-0.2, 0) is 9.53 Å². The molecule has 0 saturated heterocycles. The molecule has 0 aliphatic heterocycles. The van der Waals surface area contributed by atoms with E-state index in [9.17, 15) is 14.4 Å². The summed E-state index contributed by atoms with van der Waals surface area (Å²) in [6.07, 6.45) is 0.433. The highest BCUT2D eigenvalue weighted by molar-refractivity contribution is 6.42. The Bertz CT molecular complexity index is 1330. The Morgan fingerprint density at radius 1 is 0.909 bits per heavy atom. The van der Waals surface area contributed by atoms with Crippen molar-refractivity contribution in [2.24, 2.45) is 0 Å². The second-order valence-corrected chi connectivity index (χ2v) is 8.02. The first-order valence-electron chi connectivity index (χ1n) is 10.0. The molecule has 0 spiro atoms. The number of Topliss-reactive ketones (excluding diaryl/α,β-unsaturated/α-hetero) is 1. The third-order valence-electron chi connectivity index (χ3n) is 5.02. The number of nitrogens with one attached hydrogen (secondary N) is 2. The molecule has 1 heterocycles. The molecular formula is C25H18Cl2N2O4. The number of rotatable bonds is 7. The van der Waals surface area contributed by atoms with Gasteiger partial charge in [0.2, 0.25) is 5.78 Å². The molecule has 8 heteroatoms. The Balaban J connectivity index is 1.51. The van der Waals surface area contributed by atoms with Gasteiger partial charge in [-0.1, -0.05) is 71.7 Å². The van der Waals surface area contributed by atoms with Crippen LogP contribution >= 0.6 is 23.2 Å². The van der Waals surface area contributed by atoms with Crippen molar-refractivity contribution in [3.8, 4) is 0 Å². The molecule has 2 N–H and O–H groups in total. The molecule has 1 amide bonds. The molecule has 1 aromatic heterocycles. The summed E-state index contributed by atoms with van der Waals surface area (Å²) in [5, 5.41) is 3.74. The summed E-state index contributed by atoms with van der Waals surface area (Å²) in [6.45, 7) is -0.427. The summed E-state index contributed by atoms with van der Waals surface area (Å²) in [5.41, 5.74) is 1.98. The largest absolute Gasteiger partial charge is 0.448 e. The van der Waals surface area contributed by atoms with Crippen molar-refractivity contribution in [2.45, 2.75) is 6.10 Å². The van der Waals surface area contributed by atoms with Gasteiger partial charge in [-0.15, -0.1) is 0 Å². The van der Waals surface area contributed by atoms with Gasteiger partial charge in [0.05, 0.1) is 10.0 Å². The number of H-pyrrole nitrogens is 1. The van der Waals surface area contributed by atoms with E-state index in [2.05, 4.69) is 10.3 Å². The monoisotopic (exact) mass is 480 g/mol. The van der Waals surface area contributed by atoms with Crippen LogP contribution < -0.4 is 5.32 Å². The molecule has 4 rings (SSSR count). The Morgan fingerprint density at radius 3 is 2.39 bits per heavy atom. The zero-order valence-corrected chi connectivity index (χ0v) is 18.7. The number of amides is 1. The number of hydrogen-bond donors (Lipinski definition) is 2. The Kier molecular flexibility index (Phi) is 6.77. The fourth-order valence-corrected chi connectivity index (χ4v) is 3.68. The molecule has 33 heavy (non-hydrogen) atoms. The molecule has 0 bridgehead atoms. The summed E-state index contributed by atoms with van der Waals surface area (Å²) in [6, 6.07) is 20.5. The van der Waals surface area contributed by atoms with Crippen LogP contribution in [0.5, 0.6) is 0 Å². The lowest BCUT2D eigenvalue weighted by molar-refractivity contribution is -0.146. The maximum atomic E-state index is 13.4. The third kappa shape index (κ3) is 5.08. The van der Waals surface area contributed by atoms with E-state index in [1.807, 2.05) is 24.3 Å². The number of ketones is 1. The summed E-state index contributed by atoms with van der Waals surface area (Å²) in [7, 11) is 0. The van der Waals surface area contributed by atoms with Crippen molar-refractivity contribution >= 4 is 51.8 Å². The number of hydrogen-bond acceptors (Lipinski definition) is 4. The topological polar surface area (TPSA) is 88.3 Å². The Hall–Kier alpha value is -3.61. The number of benzene rings is 3. The normalized spacial score (nSPS) is 11.7. The number of halogens is 2. The van der Waals surface area contributed by atoms with E-state index in [0.29, 0.717) is 16.1 Å². The van der Waals surface area contributed by atoms with Crippen LogP contribution in [0, 0.1) is 0 Å². The van der Waals surface area contributed by atoms with Gasteiger partial charge in [0.1, 0.15) is 6.54 Å².